The van der Waals surface area contributed by atoms with Crippen molar-refractivity contribution >= 4 is 0 Å². The highest BCUT2D eigenvalue weighted by molar-refractivity contribution is 5.20. The van der Waals surface area contributed by atoms with Crippen LogP contribution in [0, 0.1) is 12.3 Å². The summed E-state index contributed by atoms with van der Waals surface area (Å²) in [5.74, 6) is 2.21. The van der Waals surface area contributed by atoms with Crippen molar-refractivity contribution in [1.82, 2.24) is 10.2 Å². The number of nitrogens with zero attached hydrogens (tertiary/aromatic N) is 1. The molecule has 0 radical (unpaired) electrons. The lowest BCUT2D eigenvalue weighted by Gasteiger charge is -2.18. The van der Waals surface area contributed by atoms with E-state index in [1.807, 2.05) is 0 Å². The molecule has 1 fully saturated rings. The second-order valence-corrected chi connectivity index (χ2v) is 6.62. The Morgan fingerprint density at radius 1 is 1.42 bits per heavy atom. The van der Waals surface area contributed by atoms with E-state index in [0.29, 0.717) is 5.41 Å². The normalized spacial score (nSPS) is 19.2. The first-order valence-electron chi connectivity index (χ1n) is 7.51. The van der Waals surface area contributed by atoms with Crippen molar-refractivity contribution in [3.63, 3.8) is 0 Å². The molecular weight excluding hydrogens is 236 g/mol. The van der Waals surface area contributed by atoms with E-state index in [-0.39, 0.29) is 0 Å². The minimum absolute atomic E-state index is 0.465. The van der Waals surface area contributed by atoms with Crippen LogP contribution in [-0.2, 0) is 13.1 Å². The third-order valence-electron chi connectivity index (χ3n) is 3.92. The third-order valence-corrected chi connectivity index (χ3v) is 3.92. The fraction of sp³-hybridized carbons (Fsp3) is 0.750. The molecule has 2 rings (SSSR count). The molecule has 0 unspecified atom stereocenters. The molecule has 0 amide bonds. The lowest BCUT2D eigenvalue weighted by atomic mass is 9.93. The maximum Gasteiger partial charge on any atom is 0.120 e. The standard InChI is InChI=1S/C16H28N2O/c1-5-7-17-10-15-13(2)9-14(19-15)11-18-8-6-16(3,4)12-18/h9,17H,5-8,10-12H2,1-4H3. The summed E-state index contributed by atoms with van der Waals surface area (Å²) in [5.41, 5.74) is 1.74. The Morgan fingerprint density at radius 3 is 2.84 bits per heavy atom. The molecule has 2 heterocycles. The molecule has 19 heavy (non-hydrogen) atoms. The summed E-state index contributed by atoms with van der Waals surface area (Å²) in [7, 11) is 0. The second kappa shape index (κ2) is 6.10. The summed E-state index contributed by atoms with van der Waals surface area (Å²) in [6.45, 7) is 14.2. The predicted molar refractivity (Wildman–Crippen MR) is 79.1 cm³/mol. The van der Waals surface area contributed by atoms with Crippen molar-refractivity contribution in [2.75, 3.05) is 19.6 Å². The molecule has 1 aliphatic rings. The van der Waals surface area contributed by atoms with Gasteiger partial charge in [-0.2, -0.15) is 0 Å². The van der Waals surface area contributed by atoms with Crippen molar-refractivity contribution in [3.05, 3.63) is 23.2 Å². The number of aryl methyl sites for hydroxylation is 1. The second-order valence-electron chi connectivity index (χ2n) is 6.62. The van der Waals surface area contributed by atoms with Crippen LogP contribution in [0.1, 0.15) is 50.7 Å². The van der Waals surface area contributed by atoms with Crippen LogP contribution in [0.5, 0.6) is 0 Å². The van der Waals surface area contributed by atoms with Crippen LogP contribution < -0.4 is 5.32 Å². The molecule has 1 saturated heterocycles. The van der Waals surface area contributed by atoms with Gasteiger partial charge in [0.05, 0.1) is 13.1 Å². The van der Waals surface area contributed by atoms with Gasteiger partial charge in [0.15, 0.2) is 0 Å². The van der Waals surface area contributed by atoms with Gasteiger partial charge in [0.25, 0.3) is 0 Å². The van der Waals surface area contributed by atoms with E-state index < -0.39 is 0 Å². The highest BCUT2D eigenvalue weighted by atomic mass is 16.3. The molecular formula is C16H28N2O. The molecule has 108 valence electrons. The van der Waals surface area contributed by atoms with Crippen molar-refractivity contribution in [1.29, 1.82) is 0 Å². The Kier molecular flexibility index (Phi) is 4.69. The first kappa shape index (κ1) is 14.6. The van der Waals surface area contributed by atoms with Crippen LogP contribution in [0.3, 0.4) is 0 Å². The molecule has 3 nitrogen and oxygen atoms in total. The van der Waals surface area contributed by atoms with Crippen molar-refractivity contribution in [2.45, 2.75) is 53.6 Å². The molecule has 0 atom stereocenters. The van der Waals surface area contributed by atoms with Gasteiger partial charge in [-0.05, 0) is 49.9 Å². The third kappa shape index (κ3) is 4.08. The zero-order valence-electron chi connectivity index (χ0n) is 12.9. The molecule has 0 bridgehead atoms. The topological polar surface area (TPSA) is 28.4 Å². The molecule has 1 aromatic heterocycles. The first-order chi connectivity index (χ1) is 9.00. The van der Waals surface area contributed by atoms with Gasteiger partial charge in [-0.1, -0.05) is 20.8 Å². The summed E-state index contributed by atoms with van der Waals surface area (Å²) >= 11 is 0. The van der Waals surface area contributed by atoms with Crippen molar-refractivity contribution in [3.8, 4) is 0 Å². The molecule has 0 aliphatic carbocycles. The fourth-order valence-corrected chi connectivity index (χ4v) is 2.80. The maximum atomic E-state index is 5.99. The van der Waals surface area contributed by atoms with Crippen molar-refractivity contribution in [2.24, 2.45) is 5.41 Å². The zero-order chi connectivity index (χ0) is 13.9. The lowest BCUT2D eigenvalue weighted by Crippen LogP contribution is -2.22. The van der Waals surface area contributed by atoms with Crippen LogP contribution >= 0.6 is 0 Å². The van der Waals surface area contributed by atoms with Gasteiger partial charge < -0.3 is 9.73 Å². The number of furan rings is 1. The zero-order valence-corrected chi connectivity index (χ0v) is 12.9. The molecule has 0 aromatic carbocycles. The average Bonchev–Trinajstić information content (AvgIpc) is 2.83. The number of hydrogen-bond donors (Lipinski definition) is 1. The summed E-state index contributed by atoms with van der Waals surface area (Å²) in [5, 5.41) is 3.40. The van der Waals surface area contributed by atoms with E-state index in [4.69, 9.17) is 4.42 Å². The van der Waals surface area contributed by atoms with E-state index in [2.05, 4.69) is 44.0 Å². The van der Waals surface area contributed by atoms with E-state index in [9.17, 15) is 0 Å². The highest BCUT2D eigenvalue weighted by Gasteiger charge is 2.29. The first-order valence-corrected chi connectivity index (χ1v) is 7.51. The van der Waals surface area contributed by atoms with Crippen LogP contribution in [0.25, 0.3) is 0 Å². The van der Waals surface area contributed by atoms with Gasteiger partial charge >= 0.3 is 0 Å². The minimum atomic E-state index is 0.465. The van der Waals surface area contributed by atoms with Crippen LogP contribution in [0.4, 0.5) is 0 Å². The van der Waals surface area contributed by atoms with Crippen LogP contribution in [0.15, 0.2) is 10.5 Å². The average molecular weight is 264 g/mol. The monoisotopic (exact) mass is 264 g/mol. The van der Waals surface area contributed by atoms with E-state index in [0.717, 1.165) is 37.6 Å². The van der Waals surface area contributed by atoms with Gasteiger partial charge in [-0.25, -0.2) is 0 Å². The van der Waals surface area contributed by atoms with E-state index in [1.54, 1.807) is 0 Å². The highest BCUT2D eigenvalue weighted by Crippen LogP contribution is 2.30. The predicted octanol–water partition coefficient (Wildman–Crippen LogP) is 3.32. The molecule has 1 aromatic rings. The smallest absolute Gasteiger partial charge is 0.120 e. The van der Waals surface area contributed by atoms with Crippen molar-refractivity contribution < 1.29 is 4.42 Å². The quantitative estimate of drug-likeness (QED) is 0.799. The van der Waals surface area contributed by atoms with Gasteiger partial charge in [-0.15, -0.1) is 0 Å². The van der Waals surface area contributed by atoms with Crippen LogP contribution in [0.2, 0.25) is 0 Å². The Bertz CT molecular complexity index is 409. The van der Waals surface area contributed by atoms with Gasteiger partial charge in [-0.3, -0.25) is 4.90 Å². The molecule has 0 spiro atoms. The summed E-state index contributed by atoms with van der Waals surface area (Å²) in [4.78, 5) is 2.50. The lowest BCUT2D eigenvalue weighted by molar-refractivity contribution is 0.260. The number of nitrogens with one attached hydrogen (secondary N) is 1. The van der Waals surface area contributed by atoms with Gasteiger partial charge in [0.2, 0.25) is 0 Å². The summed E-state index contributed by atoms with van der Waals surface area (Å²) < 4.78 is 5.99. The minimum Gasteiger partial charge on any atom is -0.463 e. The van der Waals surface area contributed by atoms with E-state index in [1.165, 1.54) is 25.1 Å². The van der Waals surface area contributed by atoms with Crippen LogP contribution in [-0.4, -0.2) is 24.5 Å². The SMILES string of the molecule is CCCNCc1oc(CN2CCC(C)(C)C2)cc1C. The number of rotatable bonds is 6. The van der Waals surface area contributed by atoms with E-state index >= 15 is 0 Å². The summed E-state index contributed by atoms with van der Waals surface area (Å²) in [6, 6.07) is 2.20. The Morgan fingerprint density at radius 2 is 2.21 bits per heavy atom. The molecule has 1 N–H and O–H groups in total. The molecule has 3 heteroatoms. The maximum absolute atomic E-state index is 5.99. The summed E-state index contributed by atoms with van der Waals surface area (Å²) in [6.07, 6.45) is 2.45. The Labute approximate surface area is 117 Å². The number of likely N-dealkylation sites (tertiary alicyclic amines) is 1. The van der Waals surface area contributed by atoms with Gasteiger partial charge in [0, 0.05) is 6.54 Å². The fourth-order valence-electron chi connectivity index (χ4n) is 2.80. The molecule has 1 aliphatic heterocycles. The molecule has 0 saturated carbocycles. The van der Waals surface area contributed by atoms with Gasteiger partial charge in [0.1, 0.15) is 11.5 Å². The Balaban J connectivity index is 1.89. The number of hydrogen-bond acceptors (Lipinski definition) is 3. The Hall–Kier alpha value is -0.800. The largest absolute Gasteiger partial charge is 0.463 e.